The molecule has 166 valence electrons. The van der Waals surface area contributed by atoms with Gasteiger partial charge in [-0.3, -0.25) is 10.1 Å². The largest absolute Gasteiger partial charge is 0.490 e. The van der Waals surface area contributed by atoms with Gasteiger partial charge in [-0.25, -0.2) is 4.79 Å². The minimum Gasteiger partial charge on any atom is -0.475 e. The molecule has 7 nitrogen and oxygen atoms in total. The second-order valence-electron chi connectivity index (χ2n) is 7.04. The second kappa shape index (κ2) is 9.61. The Hall–Kier alpha value is -3.40. The molecule has 1 heterocycles. The number of hydrogen-bond donors (Lipinski definition) is 2. The summed E-state index contributed by atoms with van der Waals surface area (Å²) in [6.45, 7) is 4.92. The summed E-state index contributed by atoms with van der Waals surface area (Å²) in [5.74, 6) is -2.76. The van der Waals surface area contributed by atoms with E-state index in [0.717, 1.165) is 27.7 Å². The summed E-state index contributed by atoms with van der Waals surface area (Å²) in [7, 11) is 2.01. The van der Waals surface area contributed by atoms with Crippen LogP contribution in [0.4, 0.5) is 18.9 Å². The van der Waals surface area contributed by atoms with Crippen LogP contribution >= 0.6 is 0 Å². The molecule has 0 saturated carbocycles. The molecule has 2 aromatic carbocycles. The number of nitro benzene ring substituents is 1. The molecule has 3 rings (SSSR count). The maximum absolute atomic E-state index is 11.2. The van der Waals surface area contributed by atoms with Crippen molar-refractivity contribution in [3.8, 4) is 11.1 Å². The number of hydrogen-bond acceptors (Lipinski definition) is 4. The Morgan fingerprint density at radius 1 is 1.19 bits per heavy atom. The first-order chi connectivity index (χ1) is 14.4. The molecule has 1 aromatic heterocycles. The predicted molar refractivity (Wildman–Crippen MR) is 111 cm³/mol. The van der Waals surface area contributed by atoms with E-state index in [9.17, 15) is 23.3 Å². The highest BCUT2D eigenvalue weighted by atomic mass is 19.4. The van der Waals surface area contributed by atoms with E-state index < -0.39 is 12.1 Å². The van der Waals surface area contributed by atoms with Crippen LogP contribution in [0.2, 0.25) is 0 Å². The number of aryl methyl sites for hydroxylation is 1. The van der Waals surface area contributed by atoms with Gasteiger partial charge in [-0.05, 0) is 11.6 Å². The highest BCUT2D eigenvalue weighted by Crippen LogP contribution is 2.36. The van der Waals surface area contributed by atoms with Crippen LogP contribution in [-0.4, -0.2) is 32.8 Å². The monoisotopic (exact) mass is 437 g/mol. The van der Waals surface area contributed by atoms with E-state index in [4.69, 9.17) is 9.90 Å². The third-order valence-electron chi connectivity index (χ3n) is 4.50. The standard InChI is InChI=1S/C19H21N3O2.C2HF3O2/c1-13(2)20-12-18-19(14-7-5-4-6-8-14)16-11-15(22(23)24)9-10-17(16)21(18)3;3-2(4,5)1(6)7/h4-11,13,20H,12H2,1-3H3;(H,6,7). The van der Waals surface area contributed by atoms with Gasteiger partial charge in [0, 0.05) is 53.9 Å². The fraction of sp³-hybridized carbons (Fsp3) is 0.286. The lowest BCUT2D eigenvalue weighted by atomic mass is 10.0. The smallest absolute Gasteiger partial charge is 0.475 e. The van der Waals surface area contributed by atoms with E-state index in [-0.39, 0.29) is 10.6 Å². The number of nitro groups is 1. The number of carbonyl (C=O) groups is 1. The first-order valence-corrected chi connectivity index (χ1v) is 9.28. The molecule has 3 aromatic rings. The maximum atomic E-state index is 11.2. The molecule has 0 amide bonds. The van der Waals surface area contributed by atoms with Crippen molar-refractivity contribution in [2.24, 2.45) is 7.05 Å². The van der Waals surface area contributed by atoms with E-state index in [1.165, 1.54) is 0 Å². The van der Waals surface area contributed by atoms with Gasteiger partial charge in [0.05, 0.1) is 4.92 Å². The molecule has 0 radical (unpaired) electrons. The van der Waals surface area contributed by atoms with Crippen molar-refractivity contribution >= 4 is 22.6 Å². The van der Waals surface area contributed by atoms with Gasteiger partial charge in [0.15, 0.2) is 0 Å². The quantitative estimate of drug-likeness (QED) is 0.438. The third kappa shape index (κ3) is 5.82. The molecule has 0 aliphatic carbocycles. The minimum absolute atomic E-state index is 0.119. The summed E-state index contributed by atoms with van der Waals surface area (Å²) in [4.78, 5) is 19.7. The first-order valence-electron chi connectivity index (χ1n) is 9.28. The van der Waals surface area contributed by atoms with Gasteiger partial charge >= 0.3 is 12.1 Å². The normalized spacial score (nSPS) is 11.3. The number of carboxylic acid groups (broad SMARTS) is 1. The van der Waals surface area contributed by atoms with Crippen LogP contribution < -0.4 is 5.32 Å². The highest BCUT2D eigenvalue weighted by molar-refractivity contribution is 5.99. The van der Waals surface area contributed by atoms with E-state index in [2.05, 4.69) is 23.7 Å². The Morgan fingerprint density at radius 3 is 2.26 bits per heavy atom. The van der Waals surface area contributed by atoms with E-state index >= 15 is 0 Å². The number of nitrogens with zero attached hydrogens (tertiary/aromatic N) is 2. The molecule has 0 spiro atoms. The minimum atomic E-state index is -5.08. The molecule has 0 atom stereocenters. The summed E-state index contributed by atoms with van der Waals surface area (Å²) < 4.78 is 33.9. The molecule has 0 aliphatic heterocycles. The molecular weight excluding hydrogens is 415 g/mol. The number of rotatable bonds is 5. The van der Waals surface area contributed by atoms with E-state index in [1.54, 1.807) is 12.1 Å². The van der Waals surface area contributed by atoms with Crippen LogP contribution in [0.5, 0.6) is 0 Å². The zero-order valence-corrected chi connectivity index (χ0v) is 17.1. The number of fused-ring (bicyclic) bond motifs is 1. The fourth-order valence-corrected chi connectivity index (χ4v) is 3.03. The summed E-state index contributed by atoms with van der Waals surface area (Å²) >= 11 is 0. The van der Waals surface area contributed by atoms with Crippen LogP contribution in [-0.2, 0) is 18.4 Å². The lowest BCUT2D eigenvalue weighted by Gasteiger charge is -2.12. The molecule has 2 N–H and O–H groups in total. The number of halogens is 3. The highest BCUT2D eigenvalue weighted by Gasteiger charge is 2.38. The number of alkyl halides is 3. The van der Waals surface area contributed by atoms with Crippen molar-refractivity contribution in [3.05, 3.63) is 64.3 Å². The van der Waals surface area contributed by atoms with E-state index in [1.807, 2.05) is 43.4 Å². The van der Waals surface area contributed by atoms with Gasteiger partial charge in [0.2, 0.25) is 0 Å². The van der Waals surface area contributed by atoms with Gasteiger partial charge in [-0.1, -0.05) is 44.2 Å². The Bertz CT molecular complexity index is 1080. The number of aromatic nitrogens is 1. The third-order valence-corrected chi connectivity index (χ3v) is 4.50. The van der Waals surface area contributed by atoms with Crippen molar-refractivity contribution < 1.29 is 28.0 Å². The first kappa shape index (κ1) is 23.9. The molecule has 0 unspecified atom stereocenters. The molecule has 0 aliphatic rings. The summed E-state index contributed by atoms with van der Waals surface area (Å²) in [5.41, 5.74) is 4.38. The number of benzene rings is 2. The summed E-state index contributed by atoms with van der Waals surface area (Å²) in [6, 6.07) is 15.5. The molecule has 0 saturated heterocycles. The second-order valence-corrected chi connectivity index (χ2v) is 7.04. The van der Waals surface area contributed by atoms with Crippen molar-refractivity contribution in [1.82, 2.24) is 9.88 Å². The zero-order valence-electron chi connectivity index (χ0n) is 17.1. The van der Waals surface area contributed by atoms with Crippen LogP contribution in [0.3, 0.4) is 0 Å². The molecular formula is C21H22F3N3O4. The average molecular weight is 437 g/mol. The number of carboxylic acids is 1. The van der Waals surface area contributed by atoms with Crippen LogP contribution in [0, 0.1) is 10.1 Å². The van der Waals surface area contributed by atoms with Gasteiger partial charge in [-0.2, -0.15) is 13.2 Å². The van der Waals surface area contributed by atoms with Crippen molar-refractivity contribution in [1.29, 1.82) is 0 Å². The Labute approximate surface area is 176 Å². The average Bonchev–Trinajstić information content (AvgIpc) is 2.98. The Kier molecular flexibility index (Phi) is 7.40. The molecule has 0 fully saturated rings. The topological polar surface area (TPSA) is 97.4 Å². The van der Waals surface area contributed by atoms with Gasteiger partial charge in [0.25, 0.3) is 5.69 Å². The van der Waals surface area contributed by atoms with Gasteiger partial charge < -0.3 is 15.0 Å². The molecule has 31 heavy (non-hydrogen) atoms. The number of aliphatic carboxylic acids is 1. The van der Waals surface area contributed by atoms with Gasteiger partial charge in [-0.15, -0.1) is 0 Å². The zero-order chi connectivity index (χ0) is 23.3. The fourth-order valence-electron chi connectivity index (χ4n) is 3.03. The van der Waals surface area contributed by atoms with Crippen LogP contribution in [0.1, 0.15) is 19.5 Å². The number of nitrogens with one attached hydrogen (secondary N) is 1. The lowest BCUT2D eigenvalue weighted by molar-refractivity contribution is -0.384. The summed E-state index contributed by atoms with van der Waals surface area (Å²) in [5, 5.41) is 22.7. The van der Waals surface area contributed by atoms with Crippen molar-refractivity contribution in [2.75, 3.05) is 0 Å². The van der Waals surface area contributed by atoms with Crippen molar-refractivity contribution in [3.63, 3.8) is 0 Å². The Balaban J connectivity index is 0.000000423. The van der Waals surface area contributed by atoms with Crippen LogP contribution in [0.15, 0.2) is 48.5 Å². The van der Waals surface area contributed by atoms with Crippen molar-refractivity contribution in [2.45, 2.75) is 32.6 Å². The molecule has 0 bridgehead atoms. The van der Waals surface area contributed by atoms with E-state index in [0.29, 0.717) is 12.6 Å². The van der Waals surface area contributed by atoms with Gasteiger partial charge in [0.1, 0.15) is 0 Å². The van der Waals surface area contributed by atoms with Crippen LogP contribution in [0.25, 0.3) is 22.0 Å². The lowest BCUT2D eigenvalue weighted by Crippen LogP contribution is -2.23. The SMILES string of the molecule is CC(C)NCc1c(-c2ccccc2)c2cc([N+](=O)[O-])ccc2n1C.O=C(O)C(F)(F)F. The molecule has 10 heteroatoms. The summed E-state index contributed by atoms with van der Waals surface area (Å²) in [6.07, 6.45) is -5.08. The Morgan fingerprint density at radius 2 is 1.77 bits per heavy atom. The number of non-ortho nitro benzene ring substituents is 1. The maximum Gasteiger partial charge on any atom is 0.490 e. The predicted octanol–water partition coefficient (Wildman–Crippen LogP) is 4.88.